The van der Waals surface area contributed by atoms with E-state index in [-0.39, 0.29) is 6.03 Å². The minimum Gasteiger partial charge on any atom is -0.338 e. The molecule has 0 bridgehead atoms. The first kappa shape index (κ1) is 13.5. The summed E-state index contributed by atoms with van der Waals surface area (Å²) in [7, 11) is 0. The van der Waals surface area contributed by atoms with Crippen LogP contribution in [0.15, 0.2) is 6.07 Å². The van der Waals surface area contributed by atoms with Gasteiger partial charge in [-0.05, 0) is 18.9 Å². The van der Waals surface area contributed by atoms with Crippen molar-refractivity contribution in [2.24, 2.45) is 0 Å². The van der Waals surface area contributed by atoms with Crippen LogP contribution < -0.4 is 10.6 Å². The molecule has 0 aliphatic rings. The third kappa shape index (κ3) is 5.38. The van der Waals surface area contributed by atoms with Crippen LogP contribution in [0.4, 0.5) is 4.79 Å². The molecule has 0 aliphatic carbocycles. The predicted molar refractivity (Wildman–Crippen MR) is 67.7 cm³/mol. The van der Waals surface area contributed by atoms with Crippen LogP contribution in [0.3, 0.4) is 0 Å². The molecule has 0 atom stereocenters. The Morgan fingerprint density at radius 2 is 2.18 bits per heavy atom. The van der Waals surface area contributed by atoms with Gasteiger partial charge in [0, 0.05) is 6.54 Å². The molecule has 0 saturated carbocycles. The van der Waals surface area contributed by atoms with Gasteiger partial charge in [-0.1, -0.05) is 26.7 Å². The molecular weight excluding hydrogens is 216 g/mol. The summed E-state index contributed by atoms with van der Waals surface area (Å²) in [5, 5.41) is 12.6. The monoisotopic (exact) mass is 238 g/mol. The van der Waals surface area contributed by atoms with Gasteiger partial charge in [-0.25, -0.2) is 4.79 Å². The van der Waals surface area contributed by atoms with Crippen molar-refractivity contribution in [3.63, 3.8) is 0 Å². The SMILES string of the molecule is CCCCCNC(=O)NCc1cc(CC)n[nH]1. The Morgan fingerprint density at radius 3 is 2.82 bits per heavy atom. The van der Waals surface area contributed by atoms with Crippen LogP contribution in [0.25, 0.3) is 0 Å². The molecule has 0 saturated heterocycles. The summed E-state index contributed by atoms with van der Waals surface area (Å²) < 4.78 is 0. The van der Waals surface area contributed by atoms with Gasteiger partial charge in [-0.15, -0.1) is 0 Å². The number of H-pyrrole nitrogens is 1. The van der Waals surface area contributed by atoms with Crippen molar-refractivity contribution in [3.05, 3.63) is 17.5 Å². The molecule has 17 heavy (non-hydrogen) atoms. The molecule has 1 rings (SSSR count). The van der Waals surface area contributed by atoms with E-state index >= 15 is 0 Å². The number of amides is 2. The number of aromatic amines is 1. The number of nitrogens with zero attached hydrogens (tertiary/aromatic N) is 1. The quantitative estimate of drug-likeness (QED) is 0.635. The number of hydrogen-bond donors (Lipinski definition) is 3. The second kappa shape index (κ2) is 7.70. The smallest absolute Gasteiger partial charge is 0.315 e. The lowest BCUT2D eigenvalue weighted by Gasteiger charge is -2.05. The van der Waals surface area contributed by atoms with Crippen molar-refractivity contribution in [2.75, 3.05) is 6.54 Å². The lowest BCUT2D eigenvalue weighted by atomic mass is 10.2. The average Bonchev–Trinajstić information content (AvgIpc) is 2.80. The maximum Gasteiger partial charge on any atom is 0.315 e. The van der Waals surface area contributed by atoms with Gasteiger partial charge in [0.15, 0.2) is 0 Å². The Morgan fingerprint density at radius 1 is 1.35 bits per heavy atom. The molecule has 3 N–H and O–H groups in total. The summed E-state index contributed by atoms with van der Waals surface area (Å²) in [5.74, 6) is 0. The maximum atomic E-state index is 11.4. The van der Waals surface area contributed by atoms with Crippen LogP contribution in [0.5, 0.6) is 0 Å². The Labute approximate surface area is 102 Å². The molecule has 1 heterocycles. The predicted octanol–water partition coefficient (Wildman–Crippen LogP) is 1.96. The first-order valence-electron chi connectivity index (χ1n) is 6.31. The zero-order valence-corrected chi connectivity index (χ0v) is 10.7. The number of hydrogen-bond acceptors (Lipinski definition) is 2. The summed E-state index contributed by atoms with van der Waals surface area (Å²) in [5.41, 5.74) is 1.95. The molecule has 0 unspecified atom stereocenters. The molecule has 1 aromatic heterocycles. The van der Waals surface area contributed by atoms with Gasteiger partial charge in [0.05, 0.1) is 17.9 Å². The Hall–Kier alpha value is -1.52. The molecule has 0 aromatic carbocycles. The Balaban J connectivity index is 2.14. The van der Waals surface area contributed by atoms with E-state index in [0.717, 1.165) is 43.6 Å². The molecular formula is C12H22N4O. The van der Waals surface area contributed by atoms with Gasteiger partial charge in [-0.3, -0.25) is 5.10 Å². The second-order valence-corrected chi connectivity index (χ2v) is 4.05. The van der Waals surface area contributed by atoms with Crippen LogP contribution in [0.2, 0.25) is 0 Å². The molecule has 1 aromatic rings. The van der Waals surface area contributed by atoms with Crippen molar-refractivity contribution >= 4 is 6.03 Å². The fourth-order valence-corrected chi connectivity index (χ4v) is 1.50. The van der Waals surface area contributed by atoms with Crippen molar-refractivity contribution in [3.8, 4) is 0 Å². The van der Waals surface area contributed by atoms with Gasteiger partial charge in [0.1, 0.15) is 0 Å². The van der Waals surface area contributed by atoms with Crippen molar-refractivity contribution in [1.82, 2.24) is 20.8 Å². The third-order valence-electron chi connectivity index (χ3n) is 2.55. The van der Waals surface area contributed by atoms with Gasteiger partial charge in [0.2, 0.25) is 0 Å². The molecule has 2 amide bonds. The number of aryl methyl sites for hydroxylation is 1. The van der Waals surface area contributed by atoms with E-state index in [1.807, 2.05) is 13.0 Å². The third-order valence-corrected chi connectivity index (χ3v) is 2.55. The summed E-state index contributed by atoms with van der Waals surface area (Å²) in [4.78, 5) is 11.4. The standard InChI is InChI=1S/C12H22N4O/c1-3-5-6-7-13-12(17)14-9-11-8-10(4-2)15-16-11/h8H,3-7,9H2,1-2H3,(H,15,16)(H2,13,14,17). The highest BCUT2D eigenvalue weighted by molar-refractivity contribution is 5.73. The van der Waals surface area contributed by atoms with Crippen molar-refractivity contribution in [1.29, 1.82) is 0 Å². The van der Waals surface area contributed by atoms with Gasteiger partial charge in [0.25, 0.3) is 0 Å². The highest BCUT2D eigenvalue weighted by atomic mass is 16.2. The highest BCUT2D eigenvalue weighted by Gasteiger charge is 2.02. The van der Waals surface area contributed by atoms with E-state index in [1.54, 1.807) is 0 Å². The number of aromatic nitrogens is 2. The zero-order chi connectivity index (χ0) is 12.5. The lowest BCUT2D eigenvalue weighted by Crippen LogP contribution is -2.35. The fraction of sp³-hybridized carbons (Fsp3) is 0.667. The van der Waals surface area contributed by atoms with Crippen LogP contribution in [0, 0.1) is 0 Å². The fourth-order valence-electron chi connectivity index (χ4n) is 1.50. The van der Waals surface area contributed by atoms with Crippen LogP contribution >= 0.6 is 0 Å². The van der Waals surface area contributed by atoms with E-state index in [9.17, 15) is 4.79 Å². The zero-order valence-electron chi connectivity index (χ0n) is 10.7. The molecule has 0 spiro atoms. The maximum absolute atomic E-state index is 11.4. The summed E-state index contributed by atoms with van der Waals surface area (Å²) in [6.07, 6.45) is 4.26. The molecule has 0 radical (unpaired) electrons. The molecule has 0 aliphatic heterocycles. The topological polar surface area (TPSA) is 69.8 Å². The van der Waals surface area contributed by atoms with E-state index < -0.39 is 0 Å². The number of unbranched alkanes of at least 4 members (excludes halogenated alkanes) is 2. The highest BCUT2D eigenvalue weighted by Crippen LogP contribution is 1.99. The van der Waals surface area contributed by atoms with Crippen molar-refractivity contribution < 1.29 is 4.79 Å². The first-order chi connectivity index (χ1) is 8.26. The largest absolute Gasteiger partial charge is 0.338 e. The van der Waals surface area contributed by atoms with Gasteiger partial charge < -0.3 is 10.6 Å². The molecule has 5 heteroatoms. The van der Waals surface area contributed by atoms with E-state index in [1.165, 1.54) is 0 Å². The van der Waals surface area contributed by atoms with Gasteiger partial charge in [-0.2, -0.15) is 5.10 Å². The van der Waals surface area contributed by atoms with E-state index in [0.29, 0.717) is 6.54 Å². The normalized spacial score (nSPS) is 10.2. The Kier molecular flexibility index (Phi) is 6.14. The number of carbonyl (C=O) groups is 1. The van der Waals surface area contributed by atoms with Crippen LogP contribution in [-0.2, 0) is 13.0 Å². The number of urea groups is 1. The molecule has 0 fully saturated rings. The first-order valence-corrected chi connectivity index (χ1v) is 6.31. The molecule has 96 valence electrons. The second-order valence-electron chi connectivity index (χ2n) is 4.05. The lowest BCUT2D eigenvalue weighted by molar-refractivity contribution is 0.240. The minimum atomic E-state index is -0.117. The van der Waals surface area contributed by atoms with Crippen LogP contribution in [0.1, 0.15) is 44.5 Å². The summed E-state index contributed by atoms with van der Waals surface area (Å²) >= 11 is 0. The van der Waals surface area contributed by atoms with Crippen LogP contribution in [-0.4, -0.2) is 22.8 Å². The number of rotatable bonds is 7. The van der Waals surface area contributed by atoms with Crippen molar-refractivity contribution in [2.45, 2.75) is 46.1 Å². The average molecular weight is 238 g/mol. The Bertz CT molecular complexity index is 335. The summed E-state index contributed by atoms with van der Waals surface area (Å²) in [6, 6.07) is 1.85. The molecule has 5 nitrogen and oxygen atoms in total. The minimum absolute atomic E-state index is 0.117. The summed E-state index contributed by atoms with van der Waals surface area (Å²) in [6.45, 7) is 5.42. The number of carbonyl (C=O) groups excluding carboxylic acids is 1. The van der Waals surface area contributed by atoms with Gasteiger partial charge >= 0.3 is 6.03 Å². The van der Waals surface area contributed by atoms with E-state index in [2.05, 4.69) is 27.8 Å². The number of nitrogens with one attached hydrogen (secondary N) is 3. The van der Waals surface area contributed by atoms with E-state index in [4.69, 9.17) is 0 Å².